The van der Waals surface area contributed by atoms with Crippen LogP contribution >= 0.6 is 27.6 Å². The van der Waals surface area contributed by atoms with Gasteiger partial charge in [-0.1, -0.05) is 22.0 Å². The van der Waals surface area contributed by atoms with Gasteiger partial charge in [-0.25, -0.2) is 0 Å². The van der Waals surface area contributed by atoms with Crippen molar-refractivity contribution in [3.05, 3.63) is 0 Å². The van der Waals surface area contributed by atoms with Crippen LogP contribution in [0.2, 0.25) is 0 Å². The highest BCUT2D eigenvalue weighted by molar-refractivity contribution is 14.2. The Morgan fingerprint density at radius 3 is 2.60 bits per heavy atom. The number of halogens is 1. The Labute approximate surface area is 77.1 Å². The molecule has 0 bridgehead atoms. The van der Waals surface area contributed by atoms with E-state index in [0.29, 0.717) is 5.56 Å². The van der Waals surface area contributed by atoms with E-state index < -0.39 is 0 Å². The topological polar surface area (TPSA) is 9.23 Å². The zero-order valence-electron chi connectivity index (χ0n) is 6.35. The van der Waals surface area contributed by atoms with Gasteiger partial charge in [0.2, 0.25) is 0 Å². The van der Waals surface area contributed by atoms with Crippen LogP contribution in [0.3, 0.4) is 0 Å². The molecule has 0 radical (unpaired) electrons. The molecular weight excluding hydrogens is 258 g/mol. The van der Waals surface area contributed by atoms with E-state index >= 15 is 0 Å². The maximum Gasteiger partial charge on any atom is 0.0468 e. The van der Waals surface area contributed by atoms with E-state index in [2.05, 4.69) is 28.7 Å². The molecule has 1 atom stereocenters. The second kappa shape index (κ2) is 4.89. The second-order valence-corrected chi connectivity index (χ2v) is 9.36. The summed E-state index contributed by atoms with van der Waals surface area (Å²) >= 11 is 2.57. The average molecular weight is 272 g/mol. The van der Waals surface area contributed by atoms with Crippen LogP contribution in [0.4, 0.5) is 0 Å². The fourth-order valence-corrected chi connectivity index (χ4v) is 4.03. The van der Waals surface area contributed by atoms with E-state index in [0.717, 1.165) is 19.1 Å². The zero-order valence-corrected chi connectivity index (χ0v) is 9.40. The van der Waals surface area contributed by atoms with Crippen LogP contribution in [0.15, 0.2) is 0 Å². The Morgan fingerprint density at radius 1 is 1.50 bits per heavy atom. The predicted octanol–water partition coefficient (Wildman–Crippen LogP) is 2.87. The van der Waals surface area contributed by atoms with E-state index in [-0.39, 0.29) is 0 Å². The van der Waals surface area contributed by atoms with Gasteiger partial charge in [-0.15, -0.1) is 0 Å². The first-order chi connectivity index (χ1) is 4.79. The van der Waals surface area contributed by atoms with Crippen LogP contribution in [0, 0.1) is 5.92 Å². The van der Waals surface area contributed by atoms with Gasteiger partial charge in [0.25, 0.3) is 0 Å². The minimum atomic E-state index is 0.291. The highest BCUT2D eigenvalue weighted by atomic mass is 127. The van der Waals surface area contributed by atoms with Gasteiger partial charge < -0.3 is 4.74 Å². The molecule has 1 unspecified atom stereocenters. The number of ether oxygens (including phenoxy) is 1. The fraction of sp³-hybridized carbons (Fsp3) is 1.00. The van der Waals surface area contributed by atoms with Crippen molar-refractivity contribution in [1.29, 1.82) is 0 Å². The Morgan fingerprint density at radius 2 is 2.10 bits per heavy atom. The third-order valence-corrected chi connectivity index (χ3v) is 4.05. The summed E-state index contributed by atoms with van der Waals surface area (Å²) in [6, 6.07) is 0. The molecule has 0 N–H and O–H groups in total. The molecule has 0 saturated carbocycles. The van der Waals surface area contributed by atoms with Gasteiger partial charge in [-0.2, -0.15) is 0 Å². The highest BCUT2D eigenvalue weighted by Crippen LogP contribution is 2.43. The Hall–Kier alpha value is 1.12. The first-order valence-electron chi connectivity index (χ1n) is 3.73. The van der Waals surface area contributed by atoms with Gasteiger partial charge in [0, 0.05) is 13.2 Å². The fourth-order valence-electron chi connectivity index (χ4n) is 1.28. The van der Waals surface area contributed by atoms with Crippen LogP contribution in [-0.2, 0) is 4.74 Å². The predicted molar refractivity (Wildman–Crippen MR) is 55.3 cm³/mol. The van der Waals surface area contributed by atoms with Gasteiger partial charge in [0.15, 0.2) is 0 Å². The van der Waals surface area contributed by atoms with Gasteiger partial charge in [0.05, 0.1) is 0 Å². The molecule has 1 heterocycles. The molecule has 1 fully saturated rings. The molecule has 10 heavy (non-hydrogen) atoms. The minimum Gasteiger partial charge on any atom is -0.381 e. The van der Waals surface area contributed by atoms with Crippen molar-refractivity contribution < 1.29 is 4.74 Å². The molecule has 60 valence electrons. The maximum absolute atomic E-state index is 5.29. The summed E-state index contributed by atoms with van der Waals surface area (Å²) in [4.78, 5) is 0. The molecule has 1 aliphatic rings. The molecule has 0 amide bonds. The SMILES string of the molecule is CP(I)CC1CCOCC1. The zero-order chi connectivity index (χ0) is 7.40. The molecule has 0 aromatic heterocycles. The summed E-state index contributed by atoms with van der Waals surface area (Å²) in [6.45, 7) is 4.36. The van der Waals surface area contributed by atoms with Crippen LogP contribution in [0.5, 0.6) is 0 Å². The number of hydrogen-bond acceptors (Lipinski definition) is 1. The largest absolute Gasteiger partial charge is 0.381 e. The normalized spacial score (nSPS) is 24.6. The molecule has 0 spiro atoms. The van der Waals surface area contributed by atoms with Crippen molar-refractivity contribution in [1.82, 2.24) is 0 Å². The Kier molecular flexibility index (Phi) is 4.50. The lowest BCUT2D eigenvalue weighted by atomic mass is 10.0. The molecule has 0 aliphatic carbocycles. The average Bonchev–Trinajstić information content (AvgIpc) is 1.88. The van der Waals surface area contributed by atoms with Crippen molar-refractivity contribution >= 4 is 27.6 Å². The van der Waals surface area contributed by atoms with E-state index in [1.165, 1.54) is 19.0 Å². The van der Waals surface area contributed by atoms with Crippen molar-refractivity contribution in [3.8, 4) is 0 Å². The van der Waals surface area contributed by atoms with Crippen molar-refractivity contribution in [3.63, 3.8) is 0 Å². The van der Waals surface area contributed by atoms with Gasteiger partial charge in [-0.05, 0) is 37.2 Å². The summed E-state index contributed by atoms with van der Waals surface area (Å²) in [6.07, 6.45) is 4.05. The molecule has 1 saturated heterocycles. The molecule has 3 heteroatoms. The molecule has 1 aliphatic heterocycles. The summed E-state index contributed by atoms with van der Waals surface area (Å²) < 4.78 is 5.29. The van der Waals surface area contributed by atoms with Crippen molar-refractivity contribution in [2.75, 3.05) is 26.0 Å². The first kappa shape index (κ1) is 9.21. The summed E-state index contributed by atoms with van der Waals surface area (Å²) in [5.41, 5.74) is 0.291. The molecule has 1 rings (SSSR count). The van der Waals surface area contributed by atoms with Crippen LogP contribution in [0.25, 0.3) is 0 Å². The smallest absolute Gasteiger partial charge is 0.0468 e. The van der Waals surface area contributed by atoms with Gasteiger partial charge >= 0.3 is 0 Å². The van der Waals surface area contributed by atoms with Gasteiger partial charge in [0.1, 0.15) is 0 Å². The Bertz CT molecular complexity index is 91.6. The second-order valence-electron chi connectivity index (χ2n) is 2.84. The van der Waals surface area contributed by atoms with Crippen molar-refractivity contribution in [2.45, 2.75) is 12.8 Å². The summed E-state index contributed by atoms with van der Waals surface area (Å²) in [5, 5.41) is 0. The van der Waals surface area contributed by atoms with Crippen LogP contribution < -0.4 is 0 Å². The monoisotopic (exact) mass is 272 g/mol. The summed E-state index contributed by atoms with van der Waals surface area (Å²) in [5.74, 6) is 0.974. The molecule has 0 aromatic carbocycles. The highest BCUT2D eigenvalue weighted by Gasteiger charge is 2.14. The Balaban J connectivity index is 2.13. The molecule has 1 nitrogen and oxygen atoms in total. The van der Waals surface area contributed by atoms with E-state index in [1.807, 2.05) is 0 Å². The first-order valence-corrected chi connectivity index (χ1v) is 8.49. The lowest BCUT2D eigenvalue weighted by Gasteiger charge is -2.22. The van der Waals surface area contributed by atoms with E-state index in [9.17, 15) is 0 Å². The molecular formula is C7H14IOP. The van der Waals surface area contributed by atoms with E-state index in [4.69, 9.17) is 4.74 Å². The molecule has 0 aromatic rings. The lowest BCUT2D eigenvalue weighted by molar-refractivity contribution is 0.0726. The van der Waals surface area contributed by atoms with Crippen molar-refractivity contribution in [2.24, 2.45) is 5.92 Å². The maximum atomic E-state index is 5.29. The van der Waals surface area contributed by atoms with Gasteiger partial charge in [-0.3, -0.25) is 0 Å². The summed E-state index contributed by atoms with van der Waals surface area (Å²) in [7, 11) is 0. The van der Waals surface area contributed by atoms with Crippen LogP contribution in [-0.4, -0.2) is 26.0 Å². The standard InChI is InChI=1S/C7H14IOP/c1-10(8)6-7-2-4-9-5-3-7/h7H,2-6H2,1H3. The third-order valence-electron chi connectivity index (χ3n) is 1.85. The quantitative estimate of drug-likeness (QED) is 0.554. The number of rotatable bonds is 2. The van der Waals surface area contributed by atoms with E-state index in [1.54, 1.807) is 0 Å². The van der Waals surface area contributed by atoms with Crippen LogP contribution in [0.1, 0.15) is 12.8 Å². The number of hydrogen-bond donors (Lipinski definition) is 0. The lowest BCUT2D eigenvalue weighted by Crippen LogP contribution is -2.17. The third kappa shape index (κ3) is 3.49. The minimum absolute atomic E-state index is 0.291.